The molecular weight excluding hydrogens is 246 g/mol. The van der Waals surface area contributed by atoms with Crippen LogP contribution in [-0.2, 0) is 9.53 Å². The molecule has 1 aromatic rings. The highest BCUT2D eigenvalue weighted by molar-refractivity contribution is 5.89. The first-order valence-electron chi connectivity index (χ1n) is 6.33. The van der Waals surface area contributed by atoms with Gasteiger partial charge in [0.05, 0.1) is 11.9 Å². The average Bonchev–Trinajstić information content (AvgIpc) is 2.46. The molecule has 1 saturated heterocycles. The fourth-order valence-electron chi connectivity index (χ4n) is 1.96. The molecule has 6 nitrogen and oxygen atoms in total. The van der Waals surface area contributed by atoms with Gasteiger partial charge in [0.15, 0.2) is 6.61 Å². The summed E-state index contributed by atoms with van der Waals surface area (Å²) in [6.45, 7) is 1.26. The normalized spacial score (nSPS) is 15.1. The monoisotopic (exact) mass is 263 g/mol. The second kappa shape index (κ2) is 6.17. The number of anilines is 1. The molecule has 2 rings (SSSR count). The number of amides is 1. The topological polar surface area (TPSA) is 85.5 Å². The van der Waals surface area contributed by atoms with Gasteiger partial charge in [-0.3, -0.25) is 4.79 Å². The Kier molecular flexibility index (Phi) is 4.33. The molecule has 2 heterocycles. The molecule has 0 atom stereocenters. The number of carbonyl (C=O) groups is 2. The van der Waals surface area contributed by atoms with Crippen LogP contribution in [0.4, 0.5) is 5.69 Å². The molecule has 2 N–H and O–H groups in total. The maximum Gasteiger partial charge on any atom is 0.357 e. The Bertz CT molecular complexity index is 453. The number of pyridine rings is 1. The number of piperidine rings is 1. The Morgan fingerprint density at radius 3 is 2.63 bits per heavy atom. The second-order valence-electron chi connectivity index (χ2n) is 4.49. The van der Waals surface area contributed by atoms with Gasteiger partial charge in [0.1, 0.15) is 5.69 Å². The van der Waals surface area contributed by atoms with Gasteiger partial charge in [0, 0.05) is 13.1 Å². The standard InChI is InChI=1S/C13H17N3O3/c14-10-4-5-11(15-8-10)13(18)19-9-12(17)16-6-2-1-3-7-16/h4-5,8H,1-3,6-7,9,14H2. The summed E-state index contributed by atoms with van der Waals surface area (Å²) in [4.78, 5) is 29.0. The summed E-state index contributed by atoms with van der Waals surface area (Å²) in [5, 5.41) is 0. The molecule has 0 aromatic carbocycles. The summed E-state index contributed by atoms with van der Waals surface area (Å²) in [6.07, 6.45) is 4.56. The highest BCUT2D eigenvalue weighted by atomic mass is 16.5. The smallest absolute Gasteiger partial charge is 0.357 e. The van der Waals surface area contributed by atoms with E-state index in [0.29, 0.717) is 5.69 Å². The zero-order valence-corrected chi connectivity index (χ0v) is 10.7. The van der Waals surface area contributed by atoms with E-state index in [2.05, 4.69) is 4.98 Å². The van der Waals surface area contributed by atoms with Crippen LogP contribution in [0.25, 0.3) is 0 Å². The van der Waals surface area contributed by atoms with Gasteiger partial charge in [-0.2, -0.15) is 0 Å². The maximum absolute atomic E-state index is 11.8. The van der Waals surface area contributed by atoms with E-state index < -0.39 is 5.97 Å². The van der Waals surface area contributed by atoms with Gasteiger partial charge in [-0.05, 0) is 31.4 Å². The van der Waals surface area contributed by atoms with Crippen molar-refractivity contribution in [1.82, 2.24) is 9.88 Å². The van der Waals surface area contributed by atoms with E-state index in [4.69, 9.17) is 10.5 Å². The summed E-state index contributed by atoms with van der Waals surface area (Å²) < 4.78 is 4.95. The largest absolute Gasteiger partial charge is 0.451 e. The van der Waals surface area contributed by atoms with Crippen LogP contribution in [0.1, 0.15) is 29.8 Å². The lowest BCUT2D eigenvalue weighted by molar-refractivity contribution is -0.135. The Morgan fingerprint density at radius 2 is 2.00 bits per heavy atom. The first-order chi connectivity index (χ1) is 9.16. The quantitative estimate of drug-likeness (QED) is 0.816. The predicted molar refractivity (Wildman–Crippen MR) is 69.4 cm³/mol. The van der Waals surface area contributed by atoms with Gasteiger partial charge in [-0.1, -0.05) is 0 Å². The van der Waals surface area contributed by atoms with E-state index in [9.17, 15) is 9.59 Å². The van der Waals surface area contributed by atoms with Crippen LogP contribution in [0, 0.1) is 0 Å². The third kappa shape index (κ3) is 3.67. The lowest BCUT2D eigenvalue weighted by Crippen LogP contribution is -2.38. The van der Waals surface area contributed by atoms with Crippen molar-refractivity contribution in [2.75, 3.05) is 25.4 Å². The lowest BCUT2D eigenvalue weighted by atomic mass is 10.1. The van der Waals surface area contributed by atoms with Crippen molar-refractivity contribution in [3.8, 4) is 0 Å². The molecule has 1 aliphatic heterocycles. The van der Waals surface area contributed by atoms with Crippen molar-refractivity contribution in [3.05, 3.63) is 24.0 Å². The zero-order chi connectivity index (χ0) is 13.7. The molecule has 0 bridgehead atoms. The molecular formula is C13H17N3O3. The number of nitrogen functional groups attached to an aromatic ring is 1. The Labute approximate surface area is 111 Å². The molecule has 1 aromatic heterocycles. The Morgan fingerprint density at radius 1 is 1.26 bits per heavy atom. The summed E-state index contributed by atoms with van der Waals surface area (Å²) in [7, 11) is 0. The number of carbonyl (C=O) groups excluding carboxylic acids is 2. The van der Waals surface area contributed by atoms with Crippen LogP contribution in [0.3, 0.4) is 0 Å². The van der Waals surface area contributed by atoms with Gasteiger partial charge in [-0.25, -0.2) is 9.78 Å². The number of aromatic nitrogens is 1. The number of rotatable bonds is 3. The van der Waals surface area contributed by atoms with Gasteiger partial charge in [-0.15, -0.1) is 0 Å². The summed E-state index contributed by atoms with van der Waals surface area (Å²) in [5.41, 5.74) is 6.10. The molecule has 1 fully saturated rings. The van der Waals surface area contributed by atoms with E-state index in [0.717, 1.165) is 32.4 Å². The van der Waals surface area contributed by atoms with Crippen LogP contribution < -0.4 is 5.73 Å². The second-order valence-corrected chi connectivity index (χ2v) is 4.49. The molecule has 0 radical (unpaired) electrons. The average molecular weight is 263 g/mol. The predicted octanol–water partition coefficient (Wildman–Crippen LogP) is 0.833. The Hall–Kier alpha value is -2.11. The maximum atomic E-state index is 11.8. The molecule has 0 unspecified atom stereocenters. The van der Waals surface area contributed by atoms with Crippen LogP contribution in [0.2, 0.25) is 0 Å². The van der Waals surface area contributed by atoms with Gasteiger partial charge in [0.2, 0.25) is 0 Å². The number of nitrogens with zero attached hydrogens (tertiary/aromatic N) is 2. The zero-order valence-electron chi connectivity index (χ0n) is 10.7. The van der Waals surface area contributed by atoms with Crippen molar-refractivity contribution in [1.29, 1.82) is 0 Å². The third-order valence-corrected chi connectivity index (χ3v) is 3.03. The van der Waals surface area contributed by atoms with Crippen molar-refractivity contribution in [2.45, 2.75) is 19.3 Å². The molecule has 102 valence electrons. The number of esters is 1. The fraction of sp³-hybridized carbons (Fsp3) is 0.462. The van der Waals surface area contributed by atoms with E-state index in [1.54, 1.807) is 11.0 Å². The van der Waals surface area contributed by atoms with Crippen LogP contribution in [-0.4, -0.2) is 41.5 Å². The minimum Gasteiger partial charge on any atom is -0.451 e. The molecule has 0 spiro atoms. The SMILES string of the molecule is Nc1ccc(C(=O)OCC(=O)N2CCCCC2)nc1. The minimum absolute atomic E-state index is 0.150. The highest BCUT2D eigenvalue weighted by Crippen LogP contribution is 2.09. The first-order valence-corrected chi connectivity index (χ1v) is 6.33. The molecule has 6 heteroatoms. The lowest BCUT2D eigenvalue weighted by Gasteiger charge is -2.26. The van der Waals surface area contributed by atoms with Gasteiger partial charge in [0.25, 0.3) is 5.91 Å². The Balaban J connectivity index is 1.82. The van der Waals surface area contributed by atoms with E-state index in [1.165, 1.54) is 12.3 Å². The number of likely N-dealkylation sites (tertiary alicyclic amines) is 1. The van der Waals surface area contributed by atoms with Crippen molar-refractivity contribution in [3.63, 3.8) is 0 Å². The van der Waals surface area contributed by atoms with Gasteiger partial charge < -0.3 is 15.4 Å². The molecule has 0 aliphatic carbocycles. The van der Waals surface area contributed by atoms with Crippen molar-refractivity contribution in [2.24, 2.45) is 0 Å². The number of nitrogens with two attached hydrogens (primary N) is 1. The number of hydrogen-bond donors (Lipinski definition) is 1. The van der Waals surface area contributed by atoms with E-state index in [1.807, 2.05) is 0 Å². The third-order valence-electron chi connectivity index (χ3n) is 3.03. The van der Waals surface area contributed by atoms with Crippen molar-refractivity contribution < 1.29 is 14.3 Å². The highest BCUT2D eigenvalue weighted by Gasteiger charge is 2.18. The van der Waals surface area contributed by atoms with E-state index >= 15 is 0 Å². The molecule has 1 amide bonds. The molecule has 0 saturated carbocycles. The summed E-state index contributed by atoms with van der Waals surface area (Å²) in [5.74, 6) is -0.756. The van der Waals surface area contributed by atoms with Crippen molar-refractivity contribution >= 4 is 17.6 Å². The minimum atomic E-state index is -0.606. The van der Waals surface area contributed by atoms with E-state index in [-0.39, 0.29) is 18.2 Å². The summed E-state index contributed by atoms with van der Waals surface area (Å²) >= 11 is 0. The van der Waals surface area contributed by atoms with Crippen LogP contribution in [0.5, 0.6) is 0 Å². The number of ether oxygens (including phenoxy) is 1. The van der Waals surface area contributed by atoms with Gasteiger partial charge >= 0.3 is 5.97 Å². The fourth-order valence-corrected chi connectivity index (χ4v) is 1.96. The first kappa shape index (κ1) is 13.3. The molecule has 1 aliphatic rings. The molecule has 19 heavy (non-hydrogen) atoms. The van der Waals surface area contributed by atoms with Crippen LogP contribution in [0.15, 0.2) is 18.3 Å². The summed E-state index contributed by atoms with van der Waals surface area (Å²) in [6, 6.07) is 3.04. The number of hydrogen-bond acceptors (Lipinski definition) is 5. The van der Waals surface area contributed by atoms with Crippen LogP contribution >= 0.6 is 0 Å².